The van der Waals surface area contributed by atoms with Gasteiger partial charge in [0.15, 0.2) is 0 Å². The highest BCUT2D eigenvalue weighted by atomic mass is 16.5. The number of carbonyl (C=O) groups is 4. The topological polar surface area (TPSA) is 126 Å². The van der Waals surface area contributed by atoms with Crippen LogP contribution in [0.2, 0.25) is 0 Å². The van der Waals surface area contributed by atoms with E-state index in [2.05, 4.69) is 16.0 Å². The minimum absolute atomic E-state index is 0.198. The molecule has 10 nitrogen and oxygen atoms in total. The average Bonchev–Trinajstić information content (AvgIpc) is 2.94. The van der Waals surface area contributed by atoms with E-state index in [1.54, 1.807) is 4.90 Å². The zero-order valence-electron chi connectivity index (χ0n) is 23.1. The lowest BCUT2D eigenvalue weighted by molar-refractivity contribution is -0.142. The number of nitrogens with one attached hydrogen (secondary N) is 3. The fraction of sp³-hybridized carbons (Fsp3) is 0.467. The van der Waals surface area contributed by atoms with Gasteiger partial charge >= 0.3 is 0 Å². The Morgan fingerprint density at radius 3 is 2.65 bits per heavy atom. The van der Waals surface area contributed by atoms with E-state index >= 15 is 0 Å². The molecule has 2 aromatic carbocycles. The number of fused-ring (bicyclic) bond motifs is 4. The Bertz CT molecular complexity index is 1200. The SMILES string of the molecule is CC(=O)N[C@H]1CC(=O)N2CCOC(CCOc3ccc(C)c(c3)CNC(=O)[C@H](CCc3ccccc3)NC1=O)C2. The molecule has 0 saturated carbocycles. The van der Waals surface area contributed by atoms with Gasteiger partial charge in [0.25, 0.3) is 0 Å². The number of morpholine rings is 1. The molecule has 0 radical (unpaired) electrons. The van der Waals surface area contributed by atoms with Crippen LogP contribution in [0.25, 0.3) is 0 Å². The largest absolute Gasteiger partial charge is 0.493 e. The van der Waals surface area contributed by atoms with Gasteiger partial charge in [-0.25, -0.2) is 0 Å². The Balaban J connectivity index is 1.59. The highest BCUT2D eigenvalue weighted by molar-refractivity contribution is 5.94. The van der Waals surface area contributed by atoms with Crippen LogP contribution in [0.5, 0.6) is 5.75 Å². The van der Waals surface area contributed by atoms with Crippen LogP contribution in [0.3, 0.4) is 0 Å². The smallest absolute Gasteiger partial charge is 0.243 e. The molecular formula is C30H38N4O6. The van der Waals surface area contributed by atoms with Crippen molar-refractivity contribution in [2.24, 2.45) is 0 Å². The Morgan fingerprint density at radius 1 is 1.07 bits per heavy atom. The number of amides is 4. The summed E-state index contributed by atoms with van der Waals surface area (Å²) in [5, 5.41) is 8.35. The van der Waals surface area contributed by atoms with E-state index in [9.17, 15) is 19.2 Å². The Kier molecular flexibility index (Phi) is 10.1. The second-order valence-corrected chi connectivity index (χ2v) is 10.3. The standard InChI is InChI=1S/C30H38N4O6/c1-20-8-10-24-16-23(20)18-31-29(37)26(11-9-22-6-4-3-5-7-22)33-30(38)27(32-21(2)35)17-28(36)34-13-15-40-25(19-34)12-14-39-24/h3-8,10,16,25-27H,9,11-15,17-19H2,1-2H3,(H,31,37)(H,32,35)(H,33,38)/t25?,26-,27-/m0/s1. The molecule has 1 saturated heterocycles. The van der Waals surface area contributed by atoms with Crippen molar-refractivity contribution in [3.63, 3.8) is 0 Å². The molecule has 3 atom stereocenters. The van der Waals surface area contributed by atoms with Gasteiger partial charge in [0.2, 0.25) is 23.6 Å². The van der Waals surface area contributed by atoms with Crippen LogP contribution in [0.4, 0.5) is 0 Å². The lowest BCUT2D eigenvalue weighted by Gasteiger charge is -2.34. The third-order valence-corrected chi connectivity index (χ3v) is 7.24. The first-order valence-corrected chi connectivity index (χ1v) is 13.8. The summed E-state index contributed by atoms with van der Waals surface area (Å²) < 4.78 is 11.8. The molecule has 40 heavy (non-hydrogen) atoms. The predicted molar refractivity (Wildman–Crippen MR) is 148 cm³/mol. The second kappa shape index (κ2) is 13.9. The van der Waals surface area contributed by atoms with E-state index in [0.29, 0.717) is 51.3 Å². The third-order valence-electron chi connectivity index (χ3n) is 7.24. The number of benzene rings is 2. The first-order valence-electron chi connectivity index (χ1n) is 13.8. The van der Waals surface area contributed by atoms with Gasteiger partial charge in [0, 0.05) is 33.0 Å². The Hall–Kier alpha value is -3.92. The highest BCUT2D eigenvalue weighted by Crippen LogP contribution is 2.19. The van der Waals surface area contributed by atoms with Gasteiger partial charge in [0.05, 0.1) is 25.7 Å². The van der Waals surface area contributed by atoms with Crippen LogP contribution in [0.1, 0.15) is 42.9 Å². The van der Waals surface area contributed by atoms with E-state index in [-0.39, 0.29) is 30.9 Å². The Morgan fingerprint density at radius 2 is 1.88 bits per heavy atom. The number of carbonyl (C=O) groups excluding carboxylic acids is 4. The van der Waals surface area contributed by atoms with Crippen molar-refractivity contribution in [2.45, 2.75) is 64.3 Å². The molecular weight excluding hydrogens is 512 g/mol. The van der Waals surface area contributed by atoms with Crippen LogP contribution >= 0.6 is 0 Å². The van der Waals surface area contributed by atoms with E-state index in [0.717, 1.165) is 16.7 Å². The maximum atomic E-state index is 13.4. The average molecular weight is 551 g/mol. The summed E-state index contributed by atoms with van der Waals surface area (Å²) in [5.41, 5.74) is 2.93. The van der Waals surface area contributed by atoms with E-state index in [1.807, 2.05) is 55.5 Å². The molecule has 2 aliphatic heterocycles. The molecule has 0 aliphatic carbocycles. The molecule has 4 bridgehead atoms. The summed E-state index contributed by atoms with van der Waals surface area (Å²) in [6.45, 7) is 5.07. The van der Waals surface area contributed by atoms with Crippen LogP contribution in [-0.4, -0.2) is 73.0 Å². The minimum Gasteiger partial charge on any atom is -0.493 e. The van der Waals surface area contributed by atoms with Crippen molar-refractivity contribution in [1.29, 1.82) is 0 Å². The van der Waals surface area contributed by atoms with Gasteiger partial charge in [-0.15, -0.1) is 0 Å². The van der Waals surface area contributed by atoms with Crippen molar-refractivity contribution in [2.75, 3.05) is 26.3 Å². The molecule has 2 aromatic rings. The number of nitrogens with zero attached hydrogens (tertiary/aromatic N) is 1. The molecule has 0 spiro atoms. The van der Waals surface area contributed by atoms with Crippen LogP contribution in [0, 0.1) is 6.92 Å². The summed E-state index contributed by atoms with van der Waals surface area (Å²) in [6.07, 6.45) is 1.07. The third kappa shape index (κ3) is 8.29. The van der Waals surface area contributed by atoms with Crippen LogP contribution in [-0.2, 0) is 36.9 Å². The molecule has 1 unspecified atom stereocenters. The number of rotatable bonds is 4. The van der Waals surface area contributed by atoms with Gasteiger partial charge in [0.1, 0.15) is 17.8 Å². The minimum atomic E-state index is -1.11. The number of aryl methyl sites for hydroxylation is 2. The summed E-state index contributed by atoms with van der Waals surface area (Å²) >= 11 is 0. The quantitative estimate of drug-likeness (QED) is 0.532. The maximum Gasteiger partial charge on any atom is 0.243 e. The molecule has 2 aliphatic rings. The molecule has 214 valence electrons. The normalized spacial score (nSPS) is 22.7. The molecule has 2 heterocycles. The monoisotopic (exact) mass is 550 g/mol. The summed E-state index contributed by atoms with van der Waals surface area (Å²) in [4.78, 5) is 53.6. The fourth-order valence-electron chi connectivity index (χ4n) is 4.92. The van der Waals surface area contributed by atoms with E-state index in [1.165, 1.54) is 6.92 Å². The van der Waals surface area contributed by atoms with Crippen molar-refractivity contribution in [3.05, 3.63) is 65.2 Å². The summed E-state index contributed by atoms with van der Waals surface area (Å²) in [5.74, 6) is -0.938. The van der Waals surface area contributed by atoms with Crippen molar-refractivity contribution in [3.8, 4) is 5.75 Å². The summed E-state index contributed by atoms with van der Waals surface area (Å²) in [7, 11) is 0. The van der Waals surface area contributed by atoms with Gasteiger partial charge in [-0.05, 0) is 48.6 Å². The van der Waals surface area contributed by atoms with Crippen molar-refractivity contribution >= 4 is 23.6 Å². The lowest BCUT2D eigenvalue weighted by atomic mass is 10.0. The predicted octanol–water partition coefficient (Wildman–Crippen LogP) is 1.63. The number of ether oxygens (including phenoxy) is 2. The van der Waals surface area contributed by atoms with Crippen LogP contribution in [0.15, 0.2) is 48.5 Å². The van der Waals surface area contributed by atoms with Crippen molar-refractivity contribution in [1.82, 2.24) is 20.9 Å². The number of hydrogen-bond donors (Lipinski definition) is 3. The Labute approximate surface area is 234 Å². The molecule has 4 rings (SSSR count). The summed E-state index contributed by atoms with van der Waals surface area (Å²) in [6, 6.07) is 13.4. The first kappa shape index (κ1) is 29.1. The zero-order valence-corrected chi connectivity index (χ0v) is 23.1. The maximum absolute atomic E-state index is 13.4. The molecule has 3 N–H and O–H groups in total. The van der Waals surface area contributed by atoms with E-state index < -0.39 is 23.9 Å². The van der Waals surface area contributed by atoms with Gasteiger partial charge in [-0.3, -0.25) is 19.2 Å². The molecule has 4 amide bonds. The number of hydrogen-bond acceptors (Lipinski definition) is 6. The molecule has 1 fully saturated rings. The fourth-order valence-corrected chi connectivity index (χ4v) is 4.92. The first-order chi connectivity index (χ1) is 19.3. The molecule has 10 heteroatoms. The van der Waals surface area contributed by atoms with Crippen LogP contribution < -0.4 is 20.7 Å². The van der Waals surface area contributed by atoms with Gasteiger partial charge in [-0.2, -0.15) is 0 Å². The zero-order chi connectivity index (χ0) is 28.5. The van der Waals surface area contributed by atoms with Gasteiger partial charge < -0.3 is 30.3 Å². The van der Waals surface area contributed by atoms with Crippen molar-refractivity contribution < 1.29 is 28.7 Å². The lowest BCUT2D eigenvalue weighted by Crippen LogP contribution is -2.55. The molecule has 0 aromatic heterocycles. The second-order valence-electron chi connectivity index (χ2n) is 10.3. The van der Waals surface area contributed by atoms with Gasteiger partial charge in [-0.1, -0.05) is 36.4 Å². The van der Waals surface area contributed by atoms with E-state index in [4.69, 9.17) is 9.47 Å². The highest BCUT2D eigenvalue weighted by Gasteiger charge is 2.31.